The van der Waals surface area contributed by atoms with E-state index in [1.807, 2.05) is 25.3 Å². The van der Waals surface area contributed by atoms with Gasteiger partial charge in [0.05, 0.1) is 6.20 Å². The zero-order valence-electron chi connectivity index (χ0n) is 11.6. The Morgan fingerprint density at radius 1 is 1.29 bits per heavy atom. The van der Waals surface area contributed by atoms with Gasteiger partial charge in [-0.2, -0.15) is 5.10 Å². The largest absolute Gasteiger partial charge is 0.272 e. The Morgan fingerprint density at radius 2 is 2.00 bits per heavy atom. The molecule has 0 spiro atoms. The molecule has 0 N–H and O–H groups in total. The molecule has 1 saturated carbocycles. The van der Waals surface area contributed by atoms with Crippen molar-refractivity contribution in [1.82, 2.24) is 14.8 Å². The van der Waals surface area contributed by atoms with E-state index in [2.05, 4.69) is 10.1 Å². The lowest BCUT2D eigenvalue weighted by Gasteiger charge is -2.08. The minimum Gasteiger partial charge on any atom is -0.272 e. The van der Waals surface area contributed by atoms with E-state index in [9.17, 15) is 8.78 Å². The van der Waals surface area contributed by atoms with Crippen molar-refractivity contribution in [2.75, 3.05) is 0 Å². The molecule has 112 valence electrons. The topological polar surface area (TPSA) is 30.7 Å². The number of alkyl halides is 2. The summed E-state index contributed by atoms with van der Waals surface area (Å²) in [4.78, 5) is 4.21. The summed E-state index contributed by atoms with van der Waals surface area (Å²) in [6.45, 7) is 2.40. The molecule has 1 aliphatic rings. The summed E-state index contributed by atoms with van der Waals surface area (Å²) in [5, 5.41) is 4.69. The highest BCUT2D eigenvalue weighted by atomic mass is 35.5. The maximum Gasteiger partial charge on any atom is 0.137 e. The van der Waals surface area contributed by atoms with Crippen LogP contribution in [0.15, 0.2) is 24.5 Å². The molecular weight excluding hydrogens is 296 g/mol. The van der Waals surface area contributed by atoms with Crippen LogP contribution >= 0.6 is 11.6 Å². The van der Waals surface area contributed by atoms with Gasteiger partial charge in [0.2, 0.25) is 0 Å². The first-order valence-electron chi connectivity index (χ1n) is 6.97. The van der Waals surface area contributed by atoms with E-state index in [1.54, 1.807) is 10.9 Å². The third-order valence-electron chi connectivity index (χ3n) is 3.89. The first-order chi connectivity index (χ1) is 10.0. The van der Waals surface area contributed by atoms with Gasteiger partial charge in [0.25, 0.3) is 0 Å². The Kier molecular flexibility index (Phi) is 3.93. The molecule has 0 saturated heterocycles. The number of hydrogen-bond acceptors (Lipinski definition) is 2. The number of hydrogen-bond donors (Lipinski definition) is 0. The van der Waals surface area contributed by atoms with Crippen LogP contribution in [0.2, 0.25) is 5.15 Å². The Labute approximate surface area is 126 Å². The SMILES string of the molecule is Cc1ccc(-c2cnn(CC3C[C@@H](F)[C@@H](F)C3)c2)c(Cl)n1. The van der Waals surface area contributed by atoms with Gasteiger partial charge in [-0.05, 0) is 37.8 Å². The average molecular weight is 312 g/mol. The normalized spacial score (nSPS) is 25.4. The smallest absolute Gasteiger partial charge is 0.137 e. The van der Waals surface area contributed by atoms with Crippen LogP contribution in [0.1, 0.15) is 18.5 Å². The van der Waals surface area contributed by atoms with Crippen LogP contribution in [0.3, 0.4) is 0 Å². The zero-order chi connectivity index (χ0) is 15.0. The number of nitrogens with zero attached hydrogens (tertiary/aromatic N) is 3. The molecule has 0 aliphatic heterocycles. The van der Waals surface area contributed by atoms with Crippen molar-refractivity contribution in [2.45, 2.75) is 38.7 Å². The van der Waals surface area contributed by atoms with E-state index < -0.39 is 12.3 Å². The number of aromatic nitrogens is 3. The van der Waals surface area contributed by atoms with E-state index in [1.165, 1.54) is 0 Å². The van der Waals surface area contributed by atoms with E-state index >= 15 is 0 Å². The van der Waals surface area contributed by atoms with Crippen molar-refractivity contribution in [1.29, 1.82) is 0 Å². The van der Waals surface area contributed by atoms with Crippen LogP contribution in [0.5, 0.6) is 0 Å². The Morgan fingerprint density at radius 3 is 2.67 bits per heavy atom. The third-order valence-corrected chi connectivity index (χ3v) is 4.18. The van der Waals surface area contributed by atoms with Crippen molar-refractivity contribution in [2.24, 2.45) is 5.92 Å². The minimum absolute atomic E-state index is 0.00522. The lowest BCUT2D eigenvalue weighted by molar-refractivity contribution is 0.199. The second-order valence-corrected chi connectivity index (χ2v) is 5.97. The Hall–Kier alpha value is -1.49. The third kappa shape index (κ3) is 3.07. The highest BCUT2D eigenvalue weighted by Crippen LogP contribution is 2.32. The predicted octanol–water partition coefficient (Wildman–Crippen LogP) is 3.99. The fourth-order valence-corrected chi connectivity index (χ4v) is 3.09. The molecule has 21 heavy (non-hydrogen) atoms. The standard InChI is InChI=1S/C15H16ClF2N3/c1-9-2-3-12(15(16)20-9)11-6-19-21(8-11)7-10-4-13(17)14(18)5-10/h2-3,6,8,10,13-14H,4-5,7H2,1H3/t10?,13-,14+. The van der Waals surface area contributed by atoms with Crippen LogP contribution in [-0.4, -0.2) is 27.1 Å². The second kappa shape index (κ2) is 5.72. The van der Waals surface area contributed by atoms with E-state index in [0.717, 1.165) is 16.8 Å². The summed E-state index contributed by atoms with van der Waals surface area (Å²) < 4.78 is 28.1. The molecule has 2 heterocycles. The van der Waals surface area contributed by atoms with Crippen LogP contribution < -0.4 is 0 Å². The molecule has 6 heteroatoms. The number of pyridine rings is 1. The molecule has 3 nitrogen and oxygen atoms in total. The number of rotatable bonds is 3. The zero-order valence-corrected chi connectivity index (χ0v) is 12.4. The molecule has 0 aromatic carbocycles. The lowest BCUT2D eigenvalue weighted by atomic mass is 10.1. The summed E-state index contributed by atoms with van der Waals surface area (Å²) in [7, 11) is 0. The monoisotopic (exact) mass is 311 g/mol. The molecule has 1 unspecified atom stereocenters. The van der Waals surface area contributed by atoms with Gasteiger partial charge in [-0.1, -0.05) is 11.6 Å². The van der Waals surface area contributed by atoms with Crippen LogP contribution in [0, 0.1) is 12.8 Å². The molecule has 3 rings (SSSR count). The molecule has 2 aromatic heterocycles. The molecule has 0 amide bonds. The summed E-state index contributed by atoms with van der Waals surface area (Å²) >= 11 is 6.13. The molecule has 2 aromatic rings. The fraction of sp³-hybridized carbons (Fsp3) is 0.467. The van der Waals surface area contributed by atoms with Gasteiger partial charge in [0.15, 0.2) is 0 Å². The first-order valence-corrected chi connectivity index (χ1v) is 7.35. The Balaban J connectivity index is 1.74. The first kappa shape index (κ1) is 14.4. The quantitative estimate of drug-likeness (QED) is 0.802. The van der Waals surface area contributed by atoms with Crippen LogP contribution in [0.4, 0.5) is 8.78 Å². The maximum absolute atomic E-state index is 13.2. The fourth-order valence-electron chi connectivity index (χ4n) is 2.78. The molecular formula is C15H16ClF2N3. The minimum atomic E-state index is -1.33. The molecule has 1 aliphatic carbocycles. The van der Waals surface area contributed by atoms with Crippen molar-refractivity contribution < 1.29 is 8.78 Å². The molecule has 0 bridgehead atoms. The van der Waals surface area contributed by atoms with E-state index in [0.29, 0.717) is 11.7 Å². The van der Waals surface area contributed by atoms with Crippen molar-refractivity contribution in [3.63, 3.8) is 0 Å². The van der Waals surface area contributed by atoms with Gasteiger partial charge < -0.3 is 0 Å². The maximum atomic E-state index is 13.2. The summed E-state index contributed by atoms with van der Waals surface area (Å²) in [5.74, 6) is -0.00522. The predicted molar refractivity (Wildman–Crippen MR) is 77.7 cm³/mol. The molecule has 0 radical (unpaired) electrons. The van der Waals surface area contributed by atoms with E-state index in [-0.39, 0.29) is 18.8 Å². The van der Waals surface area contributed by atoms with Gasteiger partial charge >= 0.3 is 0 Å². The van der Waals surface area contributed by atoms with Gasteiger partial charge in [0.1, 0.15) is 17.5 Å². The molecule has 1 fully saturated rings. The summed E-state index contributed by atoms with van der Waals surface area (Å²) in [6, 6.07) is 3.79. The lowest BCUT2D eigenvalue weighted by Crippen LogP contribution is -2.08. The van der Waals surface area contributed by atoms with Crippen LogP contribution in [-0.2, 0) is 6.54 Å². The van der Waals surface area contributed by atoms with Crippen molar-refractivity contribution >= 4 is 11.6 Å². The number of halogens is 3. The van der Waals surface area contributed by atoms with Crippen LogP contribution in [0.25, 0.3) is 11.1 Å². The molecule has 3 atom stereocenters. The highest BCUT2D eigenvalue weighted by molar-refractivity contribution is 6.32. The second-order valence-electron chi connectivity index (χ2n) is 5.61. The van der Waals surface area contributed by atoms with Crippen molar-refractivity contribution in [3.05, 3.63) is 35.4 Å². The number of aryl methyl sites for hydroxylation is 1. The van der Waals surface area contributed by atoms with Gasteiger partial charge in [-0.25, -0.2) is 13.8 Å². The van der Waals surface area contributed by atoms with Gasteiger partial charge in [0, 0.05) is 29.6 Å². The summed E-state index contributed by atoms with van der Waals surface area (Å²) in [5.41, 5.74) is 2.52. The Bertz CT molecular complexity index is 634. The summed E-state index contributed by atoms with van der Waals surface area (Å²) in [6.07, 6.45) is 1.41. The average Bonchev–Trinajstić information content (AvgIpc) is 2.98. The highest BCUT2D eigenvalue weighted by Gasteiger charge is 2.34. The van der Waals surface area contributed by atoms with Crippen molar-refractivity contribution in [3.8, 4) is 11.1 Å². The van der Waals surface area contributed by atoms with Gasteiger partial charge in [-0.3, -0.25) is 4.68 Å². The van der Waals surface area contributed by atoms with Gasteiger partial charge in [-0.15, -0.1) is 0 Å². The van der Waals surface area contributed by atoms with E-state index in [4.69, 9.17) is 11.6 Å².